The lowest BCUT2D eigenvalue weighted by Crippen LogP contribution is -1.96. The summed E-state index contributed by atoms with van der Waals surface area (Å²) in [6, 6.07) is 5.39. The third-order valence-electron chi connectivity index (χ3n) is 2.36. The third kappa shape index (κ3) is 2.59. The summed E-state index contributed by atoms with van der Waals surface area (Å²) in [5.74, 6) is -1.59. The van der Waals surface area contributed by atoms with Gasteiger partial charge >= 0.3 is 0 Å². The van der Waals surface area contributed by atoms with Crippen LogP contribution in [0.25, 0.3) is 0 Å². The molecular formula is C13H10ClF2NO. The Labute approximate surface area is 108 Å². The highest BCUT2D eigenvalue weighted by molar-refractivity contribution is 6.17. The second-order valence-corrected chi connectivity index (χ2v) is 3.99. The van der Waals surface area contributed by atoms with Crippen molar-refractivity contribution in [3.63, 3.8) is 0 Å². The first-order valence-electron chi connectivity index (χ1n) is 5.25. The Morgan fingerprint density at radius 1 is 1.28 bits per heavy atom. The third-order valence-corrected chi connectivity index (χ3v) is 2.65. The predicted molar refractivity (Wildman–Crippen MR) is 65.0 cm³/mol. The Morgan fingerprint density at radius 2 is 2.06 bits per heavy atom. The number of alkyl halides is 1. The number of hydrogen-bond donors (Lipinski definition) is 0. The van der Waals surface area contributed by atoms with Gasteiger partial charge in [-0.15, -0.1) is 11.6 Å². The fraction of sp³-hybridized carbons (Fsp3) is 0.154. The maximum atomic E-state index is 13.5. The molecular weight excluding hydrogens is 260 g/mol. The molecule has 0 aliphatic rings. The molecule has 5 heteroatoms. The average molecular weight is 270 g/mol. The van der Waals surface area contributed by atoms with Crippen LogP contribution in [-0.4, -0.2) is 4.98 Å². The minimum Gasteiger partial charge on any atom is -0.454 e. The quantitative estimate of drug-likeness (QED) is 0.779. The van der Waals surface area contributed by atoms with E-state index in [0.717, 1.165) is 6.07 Å². The second-order valence-electron chi connectivity index (χ2n) is 3.72. The first kappa shape index (κ1) is 12.8. The predicted octanol–water partition coefficient (Wildman–Crippen LogP) is 4.20. The standard InChI is InChI=1S/C13H10ClF2NO/c1-8-5-12(9(6-14)7-17-8)18-11-4-2-3-10(15)13(11)16/h2-5,7H,6H2,1H3. The normalized spacial score (nSPS) is 10.4. The Bertz CT molecular complexity index is 575. The molecule has 1 aromatic carbocycles. The molecule has 0 amide bonds. The van der Waals surface area contributed by atoms with Gasteiger partial charge in [0, 0.05) is 23.5 Å². The van der Waals surface area contributed by atoms with Crippen LogP contribution >= 0.6 is 11.6 Å². The minimum atomic E-state index is -1.02. The lowest BCUT2D eigenvalue weighted by Gasteiger charge is -2.10. The van der Waals surface area contributed by atoms with E-state index in [9.17, 15) is 8.78 Å². The van der Waals surface area contributed by atoms with Gasteiger partial charge in [-0.05, 0) is 19.1 Å². The molecule has 0 aliphatic carbocycles. The Kier molecular flexibility index (Phi) is 3.77. The molecule has 1 aromatic heterocycles. The number of rotatable bonds is 3. The molecule has 0 saturated carbocycles. The van der Waals surface area contributed by atoms with Gasteiger partial charge in [-0.1, -0.05) is 6.07 Å². The molecule has 94 valence electrons. The molecule has 0 saturated heterocycles. The van der Waals surface area contributed by atoms with Crippen molar-refractivity contribution < 1.29 is 13.5 Å². The summed E-state index contributed by atoms with van der Waals surface area (Å²) in [7, 11) is 0. The molecule has 0 spiro atoms. The van der Waals surface area contributed by atoms with Crippen molar-refractivity contribution in [3.05, 3.63) is 53.4 Å². The van der Waals surface area contributed by atoms with Crippen molar-refractivity contribution in [1.29, 1.82) is 0 Å². The zero-order valence-electron chi connectivity index (χ0n) is 9.58. The molecule has 0 radical (unpaired) electrons. The van der Waals surface area contributed by atoms with Crippen molar-refractivity contribution in [2.24, 2.45) is 0 Å². The lowest BCUT2D eigenvalue weighted by molar-refractivity contribution is 0.413. The van der Waals surface area contributed by atoms with Gasteiger partial charge in [-0.2, -0.15) is 4.39 Å². The zero-order chi connectivity index (χ0) is 13.1. The number of halogens is 3. The van der Waals surface area contributed by atoms with Crippen LogP contribution in [-0.2, 0) is 5.88 Å². The average Bonchev–Trinajstić information content (AvgIpc) is 2.35. The molecule has 0 atom stereocenters. The van der Waals surface area contributed by atoms with Crippen LogP contribution in [0.2, 0.25) is 0 Å². The van der Waals surface area contributed by atoms with Gasteiger partial charge in [0.1, 0.15) is 5.75 Å². The second kappa shape index (κ2) is 5.31. The summed E-state index contributed by atoms with van der Waals surface area (Å²) < 4.78 is 31.9. The number of hydrogen-bond acceptors (Lipinski definition) is 2. The van der Waals surface area contributed by atoms with E-state index in [4.69, 9.17) is 16.3 Å². The number of benzene rings is 1. The monoisotopic (exact) mass is 269 g/mol. The van der Waals surface area contributed by atoms with E-state index < -0.39 is 11.6 Å². The minimum absolute atomic E-state index is 0.174. The van der Waals surface area contributed by atoms with Gasteiger partial charge in [-0.3, -0.25) is 4.98 Å². The van der Waals surface area contributed by atoms with Crippen molar-refractivity contribution in [3.8, 4) is 11.5 Å². The number of ether oxygens (including phenoxy) is 1. The topological polar surface area (TPSA) is 22.1 Å². The molecule has 0 unspecified atom stereocenters. The van der Waals surface area contributed by atoms with Crippen LogP contribution in [0.4, 0.5) is 8.78 Å². The SMILES string of the molecule is Cc1cc(Oc2cccc(F)c2F)c(CCl)cn1. The van der Waals surface area contributed by atoms with E-state index in [2.05, 4.69) is 4.98 Å². The van der Waals surface area contributed by atoms with Crippen LogP contribution in [0.1, 0.15) is 11.3 Å². The van der Waals surface area contributed by atoms with Crippen molar-refractivity contribution in [2.75, 3.05) is 0 Å². The fourth-order valence-electron chi connectivity index (χ4n) is 1.44. The van der Waals surface area contributed by atoms with E-state index in [1.165, 1.54) is 12.1 Å². The van der Waals surface area contributed by atoms with Crippen LogP contribution in [0.15, 0.2) is 30.5 Å². The molecule has 0 N–H and O–H groups in total. The first-order valence-corrected chi connectivity index (χ1v) is 5.78. The van der Waals surface area contributed by atoms with Crippen LogP contribution < -0.4 is 4.74 Å². The summed E-state index contributed by atoms with van der Waals surface area (Å²) in [6.45, 7) is 1.77. The number of aryl methyl sites for hydroxylation is 1. The van der Waals surface area contributed by atoms with Crippen LogP contribution in [0.5, 0.6) is 11.5 Å². The summed E-state index contributed by atoms with van der Waals surface area (Å²) in [4.78, 5) is 4.06. The van der Waals surface area contributed by atoms with E-state index in [1.54, 1.807) is 19.2 Å². The smallest absolute Gasteiger partial charge is 0.201 e. The molecule has 0 fully saturated rings. The molecule has 1 heterocycles. The highest BCUT2D eigenvalue weighted by Gasteiger charge is 2.12. The van der Waals surface area contributed by atoms with E-state index in [0.29, 0.717) is 17.0 Å². The first-order chi connectivity index (χ1) is 8.61. The van der Waals surface area contributed by atoms with Gasteiger partial charge < -0.3 is 4.74 Å². The summed E-state index contributed by atoms with van der Waals surface area (Å²) in [5, 5.41) is 0. The van der Waals surface area contributed by atoms with Crippen molar-refractivity contribution in [1.82, 2.24) is 4.98 Å². The molecule has 0 bridgehead atoms. The Hall–Kier alpha value is -1.68. The molecule has 0 aliphatic heterocycles. The van der Waals surface area contributed by atoms with Gasteiger partial charge in [0.05, 0.1) is 5.88 Å². The largest absolute Gasteiger partial charge is 0.454 e. The molecule has 18 heavy (non-hydrogen) atoms. The zero-order valence-corrected chi connectivity index (χ0v) is 10.3. The Balaban J connectivity index is 2.39. The van der Waals surface area contributed by atoms with E-state index in [1.807, 2.05) is 0 Å². The fourth-order valence-corrected chi connectivity index (χ4v) is 1.64. The van der Waals surface area contributed by atoms with Crippen molar-refractivity contribution >= 4 is 11.6 Å². The number of pyridine rings is 1. The van der Waals surface area contributed by atoms with Gasteiger partial charge in [0.25, 0.3) is 0 Å². The van der Waals surface area contributed by atoms with Crippen LogP contribution in [0.3, 0.4) is 0 Å². The molecule has 2 aromatic rings. The maximum absolute atomic E-state index is 13.5. The van der Waals surface area contributed by atoms with Gasteiger partial charge in [0.15, 0.2) is 11.6 Å². The number of nitrogens with zero attached hydrogens (tertiary/aromatic N) is 1. The molecule has 2 rings (SSSR count). The Morgan fingerprint density at radius 3 is 2.78 bits per heavy atom. The highest BCUT2D eigenvalue weighted by Crippen LogP contribution is 2.29. The number of aromatic nitrogens is 1. The molecule has 2 nitrogen and oxygen atoms in total. The van der Waals surface area contributed by atoms with Crippen molar-refractivity contribution in [2.45, 2.75) is 12.8 Å². The van der Waals surface area contributed by atoms with Crippen LogP contribution in [0, 0.1) is 18.6 Å². The summed E-state index contributed by atoms with van der Waals surface area (Å²) >= 11 is 5.73. The van der Waals surface area contributed by atoms with Gasteiger partial charge in [0.2, 0.25) is 5.82 Å². The highest BCUT2D eigenvalue weighted by atomic mass is 35.5. The summed E-state index contributed by atoms with van der Waals surface area (Å²) in [5.41, 5.74) is 1.32. The maximum Gasteiger partial charge on any atom is 0.201 e. The van der Waals surface area contributed by atoms with E-state index in [-0.39, 0.29) is 11.6 Å². The van der Waals surface area contributed by atoms with Gasteiger partial charge in [-0.25, -0.2) is 4.39 Å². The summed E-state index contributed by atoms with van der Waals surface area (Å²) in [6.07, 6.45) is 1.55. The van der Waals surface area contributed by atoms with E-state index >= 15 is 0 Å². The lowest BCUT2D eigenvalue weighted by atomic mass is 10.2.